The van der Waals surface area contributed by atoms with Gasteiger partial charge in [-0.2, -0.15) is 5.26 Å². The summed E-state index contributed by atoms with van der Waals surface area (Å²) in [4.78, 5) is 39.1. The van der Waals surface area contributed by atoms with Crippen molar-refractivity contribution in [2.45, 2.75) is 11.8 Å². The summed E-state index contributed by atoms with van der Waals surface area (Å²) in [7, 11) is 1.41. The predicted octanol–water partition coefficient (Wildman–Crippen LogP) is 2.70. The Balaban J connectivity index is 1.88. The third-order valence-corrected chi connectivity index (χ3v) is 5.94. The molecule has 1 aliphatic rings. The van der Waals surface area contributed by atoms with Crippen LogP contribution in [0.1, 0.15) is 5.56 Å². The van der Waals surface area contributed by atoms with E-state index >= 15 is 0 Å². The number of nitrogens with zero attached hydrogens (tertiary/aromatic N) is 2. The van der Waals surface area contributed by atoms with Crippen LogP contribution in [0, 0.1) is 11.3 Å². The second-order valence-corrected chi connectivity index (χ2v) is 8.26. The van der Waals surface area contributed by atoms with Crippen LogP contribution in [0.5, 0.6) is 0 Å². The third kappa shape index (κ3) is 4.72. The number of carbonyl (C=O) groups is 3. The number of halogens is 1. The first kappa shape index (κ1) is 21.6. The number of carbonyl (C=O) groups excluding carboxylic acids is 3. The van der Waals surface area contributed by atoms with Gasteiger partial charge >= 0.3 is 0 Å². The summed E-state index contributed by atoms with van der Waals surface area (Å²) in [5, 5.41) is 13.9. The molecule has 0 bridgehead atoms. The minimum absolute atomic E-state index is 0.0998. The number of anilines is 1. The molecule has 0 aliphatic carbocycles. The molecule has 30 heavy (non-hydrogen) atoms. The Hall–Kier alpha value is -3.09. The fraction of sp³-hybridized carbons (Fsp3) is 0.143. The molecule has 1 saturated heterocycles. The Bertz CT molecular complexity index is 1050. The zero-order chi connectivity index (χ0) is 21.7. The number of para-hydroxylation sites is 1. The van der Waals surface area contributed by atoms with Crippen LogP contribution < -0.4 is 15.5 Å². The highest BCUT2D eigenvalue weighted by molar-refractivity contribution is 9.10. The van der Waals surface area contributed by atoms with Crippen molar-refractivity contribution in [1.82, 2.24) is 10.6 Å². The summed E-state index contributed by atoms with van der Waals surface area (Å²) in [5.74, 6) is -1.37. The lowest BCUT2D eigenvalue weighted by Crippen LogP contribution is -2.41. The van der Waals surface area contributed by atoms with Gasteiger partial charge in [0.1, 0.15) is 16.7 Å². The van der Waals surface area contributed by atoms with Gasteiger partial charge < -0.3 is 10.6 Å². The largest absolute Gasteiger partial charge is 0.354 e. The number of nitriles is 1. The van der Waals surface area contributed by atoms with E-state index in [1.54, 1.807) is 30.3 Å². The average molecular weight is 485 g/mol. The van der Waals surface area contributed by atoms with E-state index in [-0.39, 0.29) is 22.9 Å². The highest BCUT2D eigenvalue weighted by Crippen LogP contribution is 2.39. The number of hydrogen-bond acceptors (Lipinski definition) is 5. The zero-order valence-electron chi connectivity index (χ0n) is 15.9. The van der Waals surface area contributed by atoms with Crippen LogP contribution in [-0.2, 0) is 20.8 Å². The first-order valence-electron chi connectivity index (χ1n) is 8.90. The molecule has 1 heterocycles. The van der Waals surface area contributed by atoms with Crippen LogP contribution in [-0.4, -0.2) is 30.1 Å². The molecule has 1 aliphatic heterocycles. The van der Waals surface area contributed by atoms with Gasteiger partial charge in [-0.3, -0.25) is 19.3 Å². The van der Waals surface area contributed by atoms with Gasteiger partial charge in [0.05, 0.1) is 6.42 Å². The molecule has 152 valence electrons. The quantitative estimate of drug-likeness (QED) is 0.501. The molecule has 0 saturated carbocycles. The van der Waals surface area contributed by atoms with Crippen molar-refractivity contribution < 1.29 is 14.4 Å². The van der Waals surface area contributed by atoms with Crippen LogP contribution in [0.15, 0.2) is 69.7 Å². The van der Waals surface area contributed by atoms with E-state index in [9.17, 15) is 19.6 Å². The van der Waals surface area contributed by atoms with Gasteiger partial charge in [0.25, 0.3) is 11.8 Å². The lowest BCUT2D eigenvalue weighted by Gasteiger charge is -2.18. The van der Waals surface area contributed by atoms with Gasteiger partial charge in [-0.05, 0) is 29.8 Å². The van der Waals surface area contributed by atoms with E-state index in [0.717, 1.165) is 21.8 Å². The molecule has 3 rings (SSSR count). The molecular weight excluding hydrogens is 468 g/mol. The summed E-state index contributed by atoms with van der Waals surface area (Å²) in [6.45, 7) is 0. The molecule has 2 N–H and O–H groups in total. The van der Waals surface area contributed by atoms with E-state index < -0.39 is 17.2 Å². The minimum atomic E-state index is -0.948. The molecule has 7 nitrogen and oxygen atoms in total. The van der Waals surface area contributed by atoms with Gasteiger partial charge in [-0.1, -0.05) is 58.0 Å². The summed E-state index contributed by atoms with van der Waals surface area (Å²) in [6, 6.07) is 17.8. The Morgan fingerprint density at radius 2 is 1.83 bits per heavy atom. The van der Waals surface area contributed by atoms with Crippen molar-refractivity contribution in [1.29, 1.82) is 5.26 Å². The van der Waals surface area contributed by atoms with Crippen molar-refractivity contribution in [2.24, 2.45) is 0 Å². The summed E-state index contributed by atoms with van der Waals surface area (Å²) in [6.07, 6.45) is 0.0998. The number of thioether (sulfide) groups is 1. The van der Waals surface area contributed by atoms with Crippen LogP contribution in [0.25, 0.3) is 0 Å². The number of hydrogen-bond donors (Lipinski definition) is 2. The second kappa shape index (κ2) is 9.61. The number of benzene rings is 2. The zero-order valence-corrected chi connectivity index (χ0v) is 18.3. The lowest BCUT2D eigenvalue weighted by atomic mass is 10.1. The SMILES string of the molecule is CNC(=O)/C(C#N)=C1\S[C@H](NC(=O)Cc2ccc(Br)cc2)C(=O)N1c1ccccc1. The fourth-order valence-corrected chi connectivity index (χ4v) is 4.26. The molecule has 0 spiro atoms. The third-order valence-electron chi connectivity index (χ3n) is 4.24. The smallest absolute Gasteiger partial charge is 0.265 e. The lowest BCUT2D eigenvalue weighted by molar-refractivity contribution is -0.124. The molecule has 0 radical (unpaired) electrons. The van der Waals surface area contributed by atoms with Crippen molar-refractivity contribution >= 4 is 51.1 Å². The van der Waals surface area contributed by atoms with E-state index in [2.05, 4.69) is 26.6 Å². The molecule has 2 aromatic rings. The topological polar surface area (TPSA) is 102 Å². The number of amides is 3. The summed E-state index contributed by atoms with van der Waals surface area (Å²) in [5.41, 5.74) is 1.11. The standard InChI is InChI=1S/C21H17BrN4O3S/c1-24-18(28)16(12-23)21-26(15-5-3-2-4-6-15)20(29)19(30-21)25-17(27)11-13-7-9-14(22)10-8-13/h2-10,19H,11H2,1H3,(H,24,28)(H,25,27)/b21-16-/t19-/m0/s1. The molecule has 0 aromatic heterocycles. The van der Waals surface area contributed by atoms with Gasteiger partial charge in [0, 0.05) is 17.2 Å². The first-order chi connectivity index (χ1) is 14.4. The second-order valence-electron chi connectivity index (χ2n) is 6.25. The van der Waals surface area contributed by atoms with Gasteiger partial charge in [-0.25, -0.2) is 0 Å². The normalized spacial score (nSPS) is 17.3. The summed E-state index contributed by atoms with van der Waals surface area (Å²) >= 11 is 4.32. The van der Waals surface area contributed by atoms with Crippen LogP contribution in [0.4, 0.5) is 5.69 Å². The van der Waals surface area contributed by atoms with Crippen molar-refractivity contribution in [2.75, 3.05) is 11.9 Å². The number of rotatable bonds is 5. The summed E-state index contributed by atoms with van der Waals surface area (Å²) < 4.78 is 0.902. The molecule has 1 fully saturated rings. The Labute approximate surface area is 186 Å². The maximum absolute atomic E-state index is 13.1. The molecule has 0 unspecified atom stereocenters. The Morgan fingerprint density at radius 3 is 2.43 bits per heavy atom. The van der Waals surface area contributed by atoms with Crippen LogP contribution >= 0.6 is 27.7 Å². The van der Waals surface area contributed by atoms with Crippen molar-refractivity contribution in [3.63, 3.8) is 0 Å². The number of likely N-dealkylation sites (N-methyl/N-ethyl adjacent to an activating group) is 1. The Morgan fingerprint density at radius 1 is 1.17 bits per heavy atom. The fourth-order valence-electron chi connectivity index (χ4n) is 2.82. The van der Waals surface area contributed by atoms with Crippen LogP contribution in [0.2, 0.25) is 0 Å². The van der Waals surface area contributed by atoms with Crippen molar-refractivity contribution in [3.05, 3.63) is 75.2 Å². The van der Waals surface area contributed by atoms with Gasteiger partial charge in [-0.15, -0.1) is 0 Å². The van der Waals surface area contributed by atoms with E-state index in [1.807, 2.05) is 30.3 Å². The molecule has 1 atom stereocenters. The van der Waals surface area contributed by atoms with Gasteiger partial charge in [0.15, 0.2) is 5.37 Å². The van der Waals surface area contributed by atoms with Crippen LogP contribution in [0.3, 0.4) is 0 Å². The monoisotopic (exact) mass is 484 g/mol. The number of nitrogens with one attached hydrogen (secondary N) is 2. The predicted molar refractivity (Wildman–Crippen MR) is 118 cm³/mol. The Kier molecular flexibility index (Phi) is 6.92. The first-order valence-corrected chi connectivity index (χ1v) is 10.6. The molecule has 3 amide bonds. The molecule has 9 heteroatoms. The van der Waals surface area contributed by atoms with Crippen molar-refractivity contribution in [3.8, 4) is 6.07 Å². The molecule has 2 aromatic carbocycles. The van der Waals surface area contributed by atoms with E-state index in [1.165, 1.54) is 11.9 Å². The highest BCUT2D eigenvalue weighted by atomic mass is 79.9. The maximum Gasteiger partial charge on any atom is 0.265 e. The minimum Gasteiger partial charge on any atom is -0.354 e. The molecular formula is C21H17BrN4O3S. The highest BCUT2D eigenvalue weighted by Gasteiger charge is 2.41. The van der Waals surface area contributed by atoms with Gasteiger partial charge in [0.2, 0.25) is 5.91 Å². The average Bonchev–Trinajstić information content (AvgIpc) is 3.06. The van der Waals surface area contributed by atoms with E-state index in [4.69, 9.17) is 0 Å². The van der Waals surface area contributed by atoms with E-state index in [0.29, 0.717) is 5.69 Å². The maximum atomic E-state index is 13.1.